The van der Waals surface area contributed by atoms with Crippen molar-refractivity contribution < 1.29 is 14.3 Å². The number of carbonyl (C=O) groups excluding carboxylic acids is 1. The molecule has 2 aromatic carbocycles. The van der Waals surface area contributed by atoms with Crippen LogP contribution >= 0.6 is 0 Å². The molecule has 1 atom stereocenters. The van der Waals surface area contributed by atoms with Gasteiger partial charge in [0.25, 0.3) is 0 Å². The molecule has 4 rings (SSSR count). The summed E-state index contributed by atoms with van der Waals surface area (Å²) in [6.45, 7) is 7.79. The topological polar surface area (TPSA) is 76.6 Å². The highest BCUT2D eigenvalue weighted by Crippen LogP contribution is 2.42. The van der Waals surface area contributed by atoms with Crippen LogP contribution in [0.15, 0.2) is 48.9 Å². The lowest BCUT2D eigenvalue weighted by atomic mass is 9.85. The van der Waals surface area contributed by atoms with Gasteiger partial charge >= 0.3 is 6.03 Å². The minimum absolute atomic E-state index is 0.0564. The Labute approximate surface area is 201 Å². The summed E-state index contributed by atoms with van der Waals surface area (Å²) >= 11 is 0. The molecule has 3 aromatic rings. The predicted octanol–water partition coefficient (Wildman–Crippen LogP) is 4.40. The first-order chi connectivity index (χ1) is 16.5. The van der Waals surface area contributed by atoms with Crippen LogP contribution in [0, 0.1) is 13.8 Å². The Balaban J connectivity index is 1.72. The van der Waals surface area contributed by atoms with Crippen LogP contribution < -0.4 is 14.8 Å². The second-order valence-electron chi connectivity index (χ2n) is 8.54. The van der Waals surface area contributed by atoms with E-state index in [0.29, 0.717) is 37.6 Å². The van der Waals surface area contributed by atoms with Gasteiger partial charge in [0.15, 0.2) is 11.5 Å². The minimum Gasteiger partial charge on any atom is -0.493 e. The third kappa shape index (κ3) is 4.98. The van der Waals surface area contributed by atoms with Crippen molar-refractivity contribution in [2.45, 2.75) is 39.7 Å². The van der Waals surface area contributed by atoms with Crippen molar-refractivity contribution in [3.63, 3.8) is 0 Å². The molecule has 2 amide bonds. The fraction of sp³-hybridized carbons (Fsp3) is 0.370. The molecule has 0 aliphatic carbocycles. The number of nitrogens with one attached hydrogen (secondary N) is 1. The minimum atomic E-state index is -0.204. The summed E-state index contributed by atoms with van der Waals surface area (Å²) in [4.78, 5) is 23.4. The molecule has 2 heterocycles. The van der Waals surface area contributed by atoms with Crippen molar-refractivity contribution in [3.05, 3.63) is 82.4 Å². The Morgan fingerprint density at radius 2 is 2.00 bits per heavy atom. The number of benzene rings is 2. The second-order valence-corrected chi connectivity index (χ2v) is 8.54. The molecule has 1 unspecified atom stereocenters. The number of hydrogen-bond acceptors (Lipinski definition) is 5. The van der Waals surface area contributed by atoms with Gasteiger partial charge in [-0.1, -0.05) is 23.8 Å². The number of hydrogen-bond donors (Lipinski definition) is 1. The van der Waals surface area contributed by atoms with Crippen molar-refractivity contribution in [3.8, 4) is 11.5 Å². The highest BCUT2D eigenvalue weighted by atomic mass is 16.5. The van der Waals surface area contributed by atoms with E-state index in [4.69, 9.17) is 9.47 Å². The fourth-order valence-electron chi connectivity index (χ4n) is 4.56. The lowest BCUT2D eigenvalue weighted by Crippen LogP contribution is -2.46. The Morgan fingerprint density at radius 3 is 2.71 bits per heavy atom. The van der Waals surface area contributed by atoms with E-state index in [9.17, 15) is 4.79 Å². The van der Waals surface area contributed by atoms with E-state index in [1.54, 1.807) is 25.7 Å². The van der Waals surface area contributed by atoms with Gasteiger partial charge in [-0.15, -0.1) is 0 Å². The number of rotatable bonds is 7. The summed E-state index contributed by atoms with van der Waals surface area (Å²) < 4.78 is 11.8. The van der Waals surface area contributed by atoms with Gasteiger partial charge in [0.1, 0.15) is 0 Å². The summed E-state index contributed by atoms with van der Waals surface area (Å²) in [7, 11) is 1.66. The lowest BCUT2D eigenvalue weighted by molar-refractivity contribution is 0.180. The third-order valence-electron chi connectivity index (χ3n) is 6.19. The number of ether oxygens (including phenoxy) is 2. The average molecular weight is 461 g/mol. The first kappa shape index (κ1) is 23.5. The first-order valence-corrected chi connectivity index (χ1v) is 11.7. The molecule has 0 saturated heterocycles. The third-order valence-corrected chi connectivity index (χ3v) is 6.19. The van der Waals surface area contributed by atoms with Crippen LogP contribution in [-0.2, 0) is 12.8 Å². The molecule has 0 fully saturated rings. The van der Waals surface area contributed by atoms with Crippen molar-refractivity contribution in [2.75, 3.05) is 26.8 Å². The van der Waals surface area contributed by atoms with Crippen LogP contribution in [0.4, 0.5) is 4.79 Å². The lowest BCUT2D eigenvalue weighted by Gasteiger charge is -2.38. The van der Waals surface area contributed by atoms with Gasteiger partial charge in [-0.2, -0.15) is 0 Å². The smallest absolute Gasteiger partial charge is 0.318 e. The molecule has 0 saturated carbocycles. The van der Waals surface area contributed by atoms with E-state index in [-0.39, 0.29) is 12.1 Å². The van der Waals surface area contributed by atoms with Crippen molar-refractivity contribution in [1.29, 1.82) is 0 Å². The number of fused-ring (bicyclic) bond motifs is 1. The Kier molecular flexibility index (Phi) is 7.30. The molecule has 1 aliphatic heterocycles. The molecule has 7 heteroatoms. The van der Waals surface area contributed by atoms with E-state index < -0.39 is 0 Å². The van der Waals surface area contributed by atoms with Crippen LogP contribution in [0.1, 0.15) is 46.5 Å². The maximum absolute atomic E-state index is 13.1. The molecule has 34 heavy (non-hydrogen) atoms. The monoisotopic (exact) mass is 460 g/mol. The van der Waals surface area contributed by atoms with Crippen LogP contribution in [0.2, 0.25) is 0 Å². The zero-order valence-corrected chi connectivity index (χ0v) is 20.3. The molecular weight excluding hydrogens is 428 g/mol. The van der Waals surface area contributed by atoms with Gasteiger partial charge in [0, 0.05) is 38.1 Å². The van der Waals surface area contributed by atoms with E-state index in [1.165, 1.54) is 11.1 Å². The molecule has 1 aliphatic rings. The van der Waals surface area contributed by atoms with Crippen molar-refractivity contribution in [2.24, 2.45) is 0 Å². The molecular formula is C27H32N4O3. The van der Waals surface area contributed by atoms with Gasteiger partial charge in [-0.25, -0.2) is 4.79 Å². The number of urea groups is 1. The number of aromatic nitrogens is 2. The molecule has 1 aromatic heterocycles. The van der Waals surface area contributed by atoms with E-state index in [1.807, 2.05) is 17.9 Å². The molecule has 0 radical (unpaired) electrons. The normalized spacial score (nSPS) is 14.9. The highest BCUT2D eigenvalue weighted by Gasteiger charge is 2.34. The number of carbonyl (C=O) groups is 1. The quantitative estimate of drug-likeness (QED) is 0.566. The maximum atomic E-state index is 13.1. The summed E-state index contributed by atoms with van der Waals surface area (Å²) in [6.07, 6.45) is 6.47. The zero-order chi connectivity index (χ0) is 24.1. The van der Waals surface area contributed by atoms with Gasteiger partial charge in [-0.3, -0.25) is 9.97 Å². The van der Waals surface area contributed by atoms with Crippen molar-refractivity contribution in [1.82, 2.24) is 20.2 Å². The second kappa shape index (κ2) is 10.5. The molecule has 0 spiro atoms. The van der Waals surface area contributed by atoms with Crippen LogP contribution in [0.3, 0.4) is 0 Å². The van der Waals surface area contributed by atoms with Crippen LogP contribution in [0.25, 0.3) is 0 Å². The molecule has 7 nitrogen and oxygen atoms in total. The van der Waals surface area contributed by atoms with Gasteiger partial charge < -0.3 is 19.7 Å². The first-order valence-electron chi connectivity index (χ1n) is 11.7. The largest absolute Gasteiger partial charge is 0.493 e. The SMILES string of the molecule is CCNC(=O)N1CCc2cc(OC)c(OCCc3cnccn3)cc2C1c1ccc(C)cc1C. The van der Waals surface area contributed by atoms with Gasteiger partial charge in [-0.05, 0) is 61.6 Å². The Morgan fingerprint density at radius 1 is 1.15 bits per heavy atom. The summed E-state index contributed by atoms with van der Waals surface area (Å²) in [6, 6.07) is 10.2. The van der Waals surface area contributed by atoms with Gasteiger partial charge in [0.05, 0.1) is 25.5 Å². The standard InChI is InChI=1S/C27H32N4O3/c1-5-29-27(32)31-12-8-20-15-24(33-4)25(34-13-9-21-17-28-10-11-30-21)16-23(20)26(31)22-7-6-18(2)14-19(22)3/h6-7,10-11,14-17,26H,5,8-9,12-13H2,1-4H3,(H,29,32). The van der Waals surface area contributed by atoms with Crippen LogP contribution in [0.5, 0.6) is 11.5 Å². The summed E-state index contributed by atoms with van der Waals surface area (Å²) in [5.74, 6) is 1.36. The summed E-state index contributed by atoms with van der Waals surface area (Å²) in [5, 5.41) is 2.98. The molecule has 178 valence electrons. The number of nitrogens with zero attached hydrogens (tertiary/aromatic N) is 3. The van der Waals surface area contributed by atoms with Crippen LogP contribution in [-0.4, -0.2) is 47.7 Å². The Bertz CT molecular complexity index is 1150. The van der Waals surface area contributed by atoms with E-state index in [0.717, 1.165) is 28.8 Å². The number of aryl methyl sites for hydroxylation is 2. The maximum Gasteiger partial charge on any atom is 0.318 e. The zero-order valence-electron chi connectivity index (χ0n) is 20.3. The van der Waals surface area contributed by atoms with E-state index >= 15 is 0 Å². The van der Waals surface area contributed by atoms with Crippen molar-refractivity contribution >= 4 is 6.03 Å². The average Bonchev–Trinajstić information content (AvgIpc) is 2.84. The predicted molar refractivity (Wildman–Crippen MR) is 131 cm³/mol. The number of methoxy groups -OCH3 is 1. The van der Waals surface area contributed by atoms with E-state index in [2.05, 4.69) is 53.4 Å². The Hall–Kier alpha value is -3.61. The number of amides is 2. The molecule has 1 N–H and O–H groups in total. The summed E-state index contributed by atoms with van der Waals surface area (Å²) in [5.41, 5.74) is 6.59. The van der Waals surface area contributed by atoms with Gasteiger partial charge in [0.2, 0.25) is 0 Å². The fourth-order valence-corrected chi connectivity index (χ4v) is 4.56. The molecule has 0 bridgehead atoms. The highest BCUT2D eigenvalue weighted by molar-refractivity contribution is 5.76.